The van der Waals surface area contributed by atoms with Gasteiger partial charge in [-0.15, -0.1) is 0 Å². The van der Waals surface area contributed by atoms with Crippen LogP contribution in [0.15, 0.2) is 0 Å². The fourth-order valence-corrected chi connectivity index (χ4v) is 4.12. The first-order valence-corrected chi connectivity index (χ1v) is 10.6. The molecule has 0 aromatic rings. The predicted octanol–water partition coefficient (Wildman–Crippen LogP) is 4.09. The monoisotopic (exact) mass is 370 g/mol. The van der Waals surface area contributed by atoms with Crippen molar-refractivity contribution >= 4 is 11.8 Å². The fourth-order valence-electron chi connectivity index (χ4n) is 4.12. The number of unbranched alkanes of at least 4 members (excludes halogenated alkanes) is 5. The third-order valence-corrected chi connectivity index (χ3v) is 5.74. The second-order valence-corrected chi connectivity index (χ2v) is 7.92. The van der Waals surface area contributed by atoms with Crippen molar-refractivity contribution in [3.05, 3.63) is 0 Å². The molecule has 1 aliphatic rings. The molecule has 5 heteroatoms. The largest absolute Gasteiger partial charge is 0.481 e. The molecule has 0 aliphatic heterocycles. The highest BCUT2D eigenvalue weighted by Crippen LogP contribution is 2.35. The lowest BCUT2D eigenvalue weighted by Gasteiger charge is -2.35. The van der Waals surface area contributed by atoms with Gasteiger partial charge in [0.25, 0.3) is 0 Å². The third kappa shape index (κ3) is 9.13. The Morgan fingerprint density at radius 3 is 2.50 bits per heavy atom. The number of rotatable bonds is 14. The van der Waals surface area contributed by atoms with E-state index in [1.54, 1.807) is 0 Å². The van der Waals surface area contributed by atoms with E-state index in [0.717, 1.165) is 51.4 Å². The average Bonchev–Trinajstić information content (AvgIpc) is 2.59. The normalized spacial score (nSPS) is 24.6. The molecule has 3 N–H and O–H groups in total. The van der Waals surface area contributed by atoms with E-state index in [1.807, 2.05) is 0 Å². The number of carboxylic acids is 1. The molecule has 0 heterocycles. The van der Waals surface area contributed by atoms with Gasteiger partial charge in [0.1, 0.15) is 5.78 Å². The Morgan fingerprint density at radius 2 is 1.81 bits per heavy atom. The van der Waals surface area contributed by atoms with E-state index < -0.39 is 12.1 Å². The fraction of sp³-hybridized carbons (Fsp3) is 0.905. The van der Waals surface area contributed by atoms with Crippen molar-refractivity contribution in [3.8, 4) is 0 Å². The van der Waals surface area contributed by atoms with Crippen LogP contribution in [0.5, 0.6) is 0 Å². The smallest absolute Gasteiger partial charge is 0.303 e. The maximum absolute atomic E-state index is 12.4. The lowest BCUT2D eigenvalue weighted by molar-refractivity contribution is -0.137. The quantitative estimate of drug-likeness (QED) is 0.400. The van der Waals surface area contributed by atoms with E-state index in [9.17, 15) is 19.8 Å². The number of ketones is 1. The van der Waals surface area contributed by atoms with E-state index >= 15 is 0 Å². The molecule has 0 aromatic carbocycles. The maximum Gasteiger partial charge on any atom is 0.303 e. The molecule has 5 nitrogen and oxygen atoms in total. The van der Waals surface area contributed by atoms with Crippen LogP contribution in [0.3, 0.4) is 0 Å². The van der Waals surface area contributed by atoms with Gasteiger partial charge in [-0.2, -0.15) is 0 Å². The van der Waals surface area contributed by atoms with Crippen LogP contribution in [0.25, 0.3) is 0 Å². The number of carboxylic acid groups (broad SMARTS) is 1. The van der Waals surface area contributed by atoms with Crippen LogP contribution >= 0.6 is 0 Å². The summed E-state index contributed by atoms with van der Waals surface area (Å²) in [6, 6.07) is 0. The van der Waals surface area contributed by atoms with Crippen molar-refractivity contribution in [1.29, 1.82) is 0 Å². The predicted molar refractivity (Wildman–Crippen MR) is 102 cm³/mol. The Kier molecular flexibility index (Phi) is 11.8. The summed E-state index contributed by atoms with van der Waals surface area (Å²) < 4.78 is 0. The molecule has 0 amide bonds. The minimum atomic E-state index is -0.756. The molecular formula is C21H38O5. The van der Waals surface area contributed by atoms with Crippen LogP contribution in [0.2, 0.25) is 0 Å². The molecule has 0 aromatic heterocycles. The number of aliphatic hydroxyl groups is 2. The Labute approximate surface area is 158 Å². The van der Waals surface area contributed by atoms with Gasteiger partial charge in [-0.05, 0) is 44.4 Å². The summed E-state index contributed by atoms with van der Waals surface area (Å²) in [5.74, 6) is -0.628. The molecule has 1 aliphatic carbocycles. The van der Waals surface area contributed by atoms with Crippen molar-refractivity contribution in [1.82, 2.24) is 0 Å². The van der Waals surface area contributed by atoms with Crippen molar-refractivity contribution in [2.24, 2.45) is 11.8 Å². The zero-order valence-corrected chi connectivity index (χ0v) is 16.4. The lowest BCUT2D eigenvalue weighted by Crippen LogP contribution is -2.38. The van der Waals surface area contributed by atoms with Crippen molar-refractivity contribution in [2.75, 3.05) is 0 Å². The van der Waals surface area contributed by atoms with Crippen LogP contribution in [-0.2, 0) is 9.59 Å². The topological polar surface area (TPSA) is 94.8 Å². The first-order chi connectivity index (χ1) is 12.5. The zero-order valence-electron chi connectivity index (χ0n) is 16.4. The molecule has 152 valence electrons. The van der Waals surface area contributed by atoms with Crippen LogP contribution in [0, 0.1) is 11.8 Å². The van der Waals surface area contributed by atoms with Crippen LogP contribution in [0.4, 0.5) is 0 Å². The summed E-state index contributed by atoms with van der Waals surface area (Å²) in [4.78, 5) is 22.9. The van der Waals surface area contributed by atoms with Crippen molar-refractivity contribution in [3.63, 3.8) is 0 Å². The summed E-state index contributed by atoms with van der Waals surface area (Å²) in [6.45, 7) is 2.14. The molecule has 1 saturated carbocycles. The zero-order chi connectivity index (χ0) is 19.4. The van der Waals surface area contributed by atoms with Gasteiger partial charge in [-0.1, -0.05) is 45.4 Å². The van der Waals surface area contributed by atoms with Crippen LogP contribution in [0.1, 0.15) is 96.8 Å². The second-order valence-electron chi connectivity index (χ2n) is 7.92. The molecule has 0 radical (unpaired) electrons. The highest BCUT2D eigenvalue weighted by atomic mass is 16.4. The summed E-state index contributed by atoms with van der Waals surface area (Å²) >= 11 is 0. The number of carbonyl (C=O) groups excluding carboxylic acids is 1. The van der Waals surface area contributed by atoms with E-state index in [2.05, 4.69) is 6.92 Å². The number of aliphatic carboxylic acids is 1. The van der Waals surface area contributed by atoms with E-state index in [1.165, 1.54) is 0 Å². The second kappa shape index (κ2) is 13.3. The Hall–Kier alpha value is -0.940. The first-order valence-electron chi connectivity index (χ1n) is 10.6. The van der Waals surface area contributed by atoms with E-state index in [-0.39, 0.29) is 30.1 Å². The number of Topliss-reactive ketones (excluding diaryl/α,β-unsaturated/α-hetero) is 1. The molecule has 1 fully saturated rings. The Balaban J connectivity index is 2.38. The van der Waals surface area contributed by atoms with Gasteiger partial charge in [0.05, 0.1) is 12.2 Å². The van der Waals surface area contributed by atoms with Gasteiger partial charge < -0.3 is 15.3 Å². The number of carbonyl (C=O) groups is 2. The van der Waals surface area contributed by atoms with Crippen molar-refractivity contribution in [2.45, 2.75) is 109 Å². The van der Waals surface area contributed by atoms with Gasteiger partial charge >= 0.3 is 5.97 Å². The average molecular weight is 371 g/mol. The number of hydrogen-bond acceptors (Lipinski definition) is 4. The molecule has 26 heavy (non-hydrogen) atoms. The molecule has 0 spiro atoms. The van der Waals surface area contributed by atoms with E-state index in [0.29, 0.717) is 32.1 Å². The van der Waals surface area contributed by atoms with Gasteiger partial charge in [-0.25, -0.2) is 0 Å². The molecule has 0 bridgehead atoms. The minimum absolute atomic E-state index is 0.0314. The molecule has 0 unspecified atom stereocenters. The summed E-state index contributed by atoms with van der Waals surface area (Å²) in [7, 11) is 0. The highest BCUT2D eigenvalue weighted by molar-refractivity contribution is 5.82. The van der Waals surface area contributed by atoms with Crippen LogP contribution in [-0.4, -0.2) is 39.3 Å². The van der Waals surface area contributed by atoms with Gasteiger partial charge in [0.2, 0.25) is 0 Å². The highest BCUT2D eigenvalue weighted by Gasteiger charge is 2.37. The maximum atomic E-state index is 12.4. The van der Waals surface area contributed by atoms with Gasteiger partial charge in [-0.3, -0.25) is 9.59 Å². The molecule has 4 atom stereocenters. The SMILES string of the molecule is CCCCC[C@@H](O)CC[C@H]1[C@H](O)CCC(=O)[C@@H]1CCCCCCC(=O)O. The number of aliphatic hydroxyl groups excluding tert-OH is 2. The molecule has 1 rings (SSSR count). The lowest BCUT2D eigenvalue weighted by atomic mass is 9.71. The van der Waals surface area contributed by atoms with Gasteiger partial charge in [0.15, 0.2) is 0 Å². The Morgan fingerprint density at radius 1 is 1.08 bits per heavy atom. The first kappa shape index (κ1) is 23.1. The third-order valence-electron chi connectivity index (χ3n) is 5.74. The molecular weight excluding hydrogens is 332 g/mol. The summed E-state index contributed by atoms with van der Waals surface area (Å²) in [5, 5.41) is 29.2. The van der Waals surface area contributed by atoms with E-state index in [4.69, 9.17) is 5.11 Å². The summed E-state index contributed by atoms with van der Waals surface area (Å²) in [6.07, 6.45) is 10.1. The number of hydrogen-bond donors (Lipinski definition) is 3. The van der Waals surface area contributed by atoms with Crippen LogP contribution < -0.4 is 0 Å². The summed E-state index contributed by atoms with van der Waals surface area (Å²) in [5.41, 5.74) is 0. The van der Waals surface area contributed by atoms with Gasteiger partial charge in [0, 0.05) is 18.8 Å². The Bertz CT molecular complexity index is 409. The standard InChI is InChI=1S/C21H38O5/c1-2-3-6-9-16(22)12-13-18-17(19(23)14-15-20(18)24)10-7-4-5-8-11-21(25)26/h16-18,20,22,24H,2-15H2,1H3,(H,25,26)/t16-,17-,18-,20-/m1/s1. The minimum Gasteiger partial charge on any atom is -0.481 e. The van der Waals surface area contributed by atoms with Crippen molar-refractivity contribution < 1.29 is 24.9 Å². The molecule has 0 saturated heterocycles.